The first-order valence-electron chi connectivity index (χ1n) is 5.36. The first-order valence-corrected chi connectivity index (χ1v) is 5.36. The van der Waals surface area contributed by atoms with E-state index in [9.17, 15) is 10.1 Å². The van der Waals surface area contributed by atoms with Crippen LogP contribution in [0.2, 0.25) is 0 Å². The van der Waals surface area contributed by atoms with E-state index in [-0.39, 0.29) is 11.6 Å². The molecule has 2 aromatic heterocycles. The maximum absolute atomic E-state index is 10.6. The maximum atomic E-state index is 10.6. The highest BCUT2D eigenvalue weighted by Gasteiger charge is 2.13. The van der Waals surface area contributed by atoms with Crippen LogP contribution in [0.3, 0.4) is 0 Å². The number of nitro benzene ring substituents is 1. The van der Waals surface area contributed by atoms with E-state index in [1.807, 2.05) is 0 Å². The van der Waals surface area contributed by atoms with Crippen LogP contribution in [0, 0.1) is 10.1 Å². The van der Waals surface area contributed by atoms with E-state index >= 15 is 0 Å². The second-order valence-corrected chi connectivity index (χ2v) is 3.70. The van der Waals surface area contributed by atoms with Crippen molar-refractivity contribution in [1.29, 1.82) is 0 Å². The van der Waals surface area contributed by atoms with Crippen LogP contribution in [0.5, 0.6) is 0 Å². The van der Waals surface area contributed by atoms with E-state index < -0.39 is 4.92 Å². The lowest BCUT2D eigenvalue weighted by Gasteiger charge is -1.93. The lowest BCUT2D eigenvalue weighted by molar-refractivity contribution is -0.384. The highest BCUT2D eigenvalue weighted by atomic mass is 16.6. The molecule has 0 aliphatic rings. The van der Waals surface area contributed by atoms with Crippen LogP contribution in [-0.4, -0.2) is 15.1 Å². The third kappa shape index (κ3) is 2.08. The minimum absolute atomic E-state index is 0.00882. The topological polar surface area (TPSA) is 95.2 Å². The van der Waals surface area contributed by atoms with Gasteiger partial charge in [-0.2, -0.15) is 4.98 Å². The van der Waals surface area contributed by atoms with Crippen molar-refractivity contribution in [3.05, 3.63) is 52.8 Å². The molecule has 2 heterocycles. The van der Waals surface area contributed by atoms with Gasteiger partial charge in [0.2, 0.25) is 5.82 Å². The molecule has 0 aliphatic carbocycles. The molecule has 7 heteroatoms. The fourth-order valence-electron chi connectivity index (χ4n) is 1.57. The Kier molecular flexibility index (Phi) is 2.57. The fraction of sp³-hybridized carbons (Fsp3) is 0. The zero-order chi connectivity index (χ0) is 13.2. The molecule has 3 rings (SSSR count). The van der Waals surface area contributed by atoms with Gasteiger partial charge in [0, 0.05) is 17.7 Å². The molecule has 3 aromatic rings. The molecule has 0 atom stereocenters. The molecular weight excluding hydrogens is 250 g/mol. The Hall–Kier alpha value is -2.96. The first-order chi connectivity index (χ1) is 9.24. The summed E-state index contributed by atoms with van der Waals surface area (Å²) in [6, 6.07) is 9.30. The Morgan fingerprint density at radius 2 is 1.95 bits per heavy atom. The van der Waals surface area contributed by atoms with Crippen molar-refractivity contribution in [1.82, 2.24) is 10.1 Å². The van der Waals surface area contributed by atoms with Crippen molar-refractivity contribution in [3.63, 3.8) is 0 Å². The van der Waals surface area contributed by atoms with Crippen LogP contribution in [0.25, 0.3) is 23.0 Å². The van der Waals surface area contributed by atoms with Gasteiger partial charge in [0.15, 0.2) is 5.76 Å². The van der Waals surface area contributed by atoms with E-state index in [0.29, 0.717) is 17.1 Å². The van der Waals surface area contributed by atoms with Crippen LogP contribution >= 0.6 is 0 Å². The molecule has 0 aliphatic heterocycles. The van der Waals surface area contributed by atoms with Crippen LogP contribution in [0.15, 0.2) is 51.6 Å². The summed E-state index contributed by atoms with van der Waals surface area (Å²) < 4.78 is 10.2. The molecule has 0 saturated carbocycles. The summed E-state index contributed by atoms with van der Waals surface area (Å²) in [4.78, 5) is 14.2. The highest BCUT2D eigenvalue weighted by molar-refractivity contribution is 5.58. The number of furan rings is 1. The molecule has 0 N–H and O–H groups in total. The number of rotatable bonds is 3. The third-order valence-electron chi connectivity index (χ3n) is 2.49. The number of benzene rings is 1. The number of non-ortho nitro benzene ring substituents is 1. The Bertz CT molecular complexity index is 701. The van der Waals surface area contributed by atoms with E-state index in [0.717, 1.165) is 0 Å². The van der Waals surface area contributed by atoms with Crippen LogP contribution in [0.1, 0.15) is 0 Å². The van der Waals surface area contributed by atoms with Crippen molar-refractivity contribution in [3.8, 4) is 23.0 Å². The molecule has 0 bridgehead atoms. The van der Waals surface area contributed by atoms with Crippen molar-refractivity contribution >= 4 is 5.69 Å². The Morgan fingerprint density at radius 3 is 2.58 bits per heavy atom. The highest BCUT2D eigenvalue weighted by Crippen LogP contribution is 2.24. The third-order valence-corrected chi connectivity index (χ3v) is 2.49. The second-order valence-electron chi connectivity index (χ2n) is 3.70. The Balaban J connectivity index is 1.92. The van der Waals surface area contributed by atoms with Gasteiger partial charge in [-0.1, -0.05) is 5.16 Å². The second kappa shape index (κ2) is 4.37. The summed E-state index contributed by atoms with van der Waals surface area (Å²) in [5.41, 5.74) is 0.616. The van der Waals surface area contributed by atoms with Gasteiger partial charge in [-0.15, -0.1) is 0 Å². The lowest BCUT2D eigenvalue weighted by Crippen LogP contribution is -1.87. The molecule has 0 fully saturated rings. The molecule has 7 nitrogen and oxygen atoms in total. The van der Waals surface area contributed by atoms with E-state index in [4.69, 9.17) is 8.94 Å². The van der Waals surface area contributed by atoms with Crippen LogP contribution < -0.4 is 0 Å². The minimum Gasteiger partial charge on any atom is -0.461 e. The van der Waals surface area contributed by atoms with Gasteiger partial charge in [0.1, 0.15) is 0 Å². The standard InChI is InChI=1S/C12H7N3O4/c16-15(17)9-5-3-8(4-6-9)12-13-11(14-19-12)10-2-1-7-18-10/h1-7H. The summed E-state index contributed by atoms with van der Waals surface area (Å²) in [6.45, 7) is 0. The Labute approximate surface area is 106 Å². The molecule has 0 unspecified atom stereocenters. The average molecular weight is 257 g/mol. The molecule has 94 valence electrons. The summed E-state index contributed by atoms with van der Waals surface area (Å²) in [6.07, 6.45) is 1.51. The van der Waals surface area contributed by atoms with Gasteiger partial charge in [-0.3, -0.25) is 10.1 Å². The lowest BCUT2D eigenvalue weighted by atomic mass is 10.2. The van der Waals surface area contributed by atoms with Crippen molar-refractivity contribution < 1.29 is 13.9 Å². The zero-order valence-corrected chi connectivity index (χ0v) is 9.52. The molecule has 0 radical (unpaired) electrons. The molecule has 0 saturated heterocycles. The summed E-state index contributed by atoms with van der Waals surface area (Å²) in [7, 11) is 0. The van der Waals surface area contributed by atoms with Crippen molar-refractivity contribution in [2.75, 3.05) is 0 Å². The van der Waals surface area contributed by atoms with Gasteiger partial charge in [-0.05, 0) is 24.3 Å². The summed E-state index contributed by atoms with van der Waals surface area (Å²) >= 11 is 0. The fourth-order valence-corrected chi connectivity index (χ4v) is 1.57. The number of hydrogen-bond donors (Lipinski definition) is 0. The van der Waals surface area contributed by atoms with E-state index in [1.165, 1.54) is 18.4 Å². The number of nitro groups is 1. The maximum Gasteiger partial charge on any atom is 0.269 e. The smallest absolute Gasteiger partial charge is 0.269 e. The van der Waals surface area contributed by atoms with Crippen LogP contribution in [0.4, 0.5) is 5.69 Å². The number of nitrogens with zero attached hydrogens (tertiary/aromatic N) is 3. The van der Waals surface area contributed by atoms with E-state index in [1.54, 1.807) is 24.3 Å². The van der Waals surface area contributed by atoms with Gasteiger partial charge in [-0.25, -0.2) is 0 Å². The molecule has 19 heavy (non-hydrogen) atoms. The first kappa shape index (κ1) is 11.1. The zero-order valence-electron chi connectivity index (χ0n) is 9.52. The van der Waals surface area contributed by atoms with Gasteiger partial charge >= 0.3 is 0 Å². The molecule has 1 aromatic carbocycles. The van der Waals surface area contributed by atoms with E-state index in [2.05, 4.69) is 10.1 Å². The molecule has 0 amide bonds. The normalized spacial score (nSPS) is 10.5. The molecule has 0 spiro atoms. The largest absolute Gasteiger partial charge is 0.461 e. The monoisotopic (exact) mass is 257 g/mol. The summed E-state index contributed by atoms with van der Waals surface area (Å²) in [5, 5.41) is 14.3. The Morgan fingerprint density at radius 1 is 1.16 bits per heavy atom. The van der Waals surface area contributed by atoms with Crippen molar-refractivity contribution in [2.24, 2.45) is 0 Å². The summed E-state index contributed by atoms with van der Waals surface area (Å²) in [5.74, 6) is 1.11. The van der Waals surface area contributed by atoms with Crippen molar-refractivity contribution in [2.45, 2.75) is 0 Å². The van der Waals surface area contributed by atoms with Gasteiger partial charge < -0.3 is 8.94 Å². The predicted molar refractivity (Wildman–Crippen MR) is 64.1 cm³/mol. The number of hydrogen-bond acceptors (Lipinski definition) is 6. The van der Waals surface area contributed by atoms with Crippen LogP contribution in [-0.2, 0) is 0 Å². The predicted octanol–water partition coefficient (Wildman–Crippen LogP) is 2.90. The average Bonchev–Trinajstić information content (AvgIpc) is 3.10. The SMILES string of the molecule is O=[N+]([O-])c1ccc(-c2nc(-c3ccco3)no2)cc1. The number of aromatic nitrogens is 2. The van der Waals surface area contributed by atoms with Gasteiger partial charge in [0.25, 0.3) is 11.6 Å². The quantitative estimate of drug-likeness (QED) is 0.528. The minimum atomic E-state index is -0.466. The molecular formula is C12H7N3O4. The van der Waals surface area contributed by atoms with Gasteiger partial charge in [0.05, 0.1) is 11.2 Å².